The van der Waals surface area contributed by atoms with Crippen LogP contribution < -0.4 is 10.1 Å². The predicted octanol–water partition coefficient (Wildman–Crippen LogP) is 3.80. The van der Waals surface area contributed by atoms with Crippen molar-refractivity contribution in [3.8, 4) is 5.75 Å². The number of amides is 2. The summed E-state index contributed by atoms with van der Waals surface area (Å²) in [7, 11) is 1.66. The third-order valence-electron chi connectivity index (χ3n) is 6.31. The largest absolute Gasteiger partial charge is 0.497 e. The molecule has 1 aromatic carbocycles. The van der Waals surface area contributed by atoms with Gasteiger partial charge in [-0.05, 0) is 49.8 Å². The first kappa shape index (κ1) is 20.7. The quantitative estimate of drug-likeness (QED) is 0.809. The molecule has 3 rings (SSSR count). The van der Waals surface area contributed by atoms with Gasteiger partial charge in [0.1, 0.15) is 5.75 Å². The molecule has 1 saturated heterocycles. The van der Waals surface area contributed by atoms with Crippen LogP contribution in [0, 0.1) is 0 Å². The van der Waals surface area contributed by atoms with Crippen molar-refractivity contribution >= 4 is 11.8 Å². The monoisotopic (exact) mass is 386 g/mol. The van der Waals surface area contributed by atoms with E-state index in [2.05, 4.69) is 17.4 Å². The Balaban J connectivity index is 1.78. The van der Waals surface area contributed by atoms with Gasteiger partial charge in [0.05, 0.1) is 12.5 Å². The lowest BCUT2D eigenvalue weighted by molar-refractivity contribution is -0.141. The van der Waals surface area contributed by atoms with Gasteiger partial charge in [-0.25, -0.2) is 0 Å². The van der Waals surface area contributed by atoms with Crippen LogP contribution in [-0.4, -0.2) is 43.0 Å². The Labute approximate surface area is 168 Å². The van der Waals surface area contributed by atoms with E-state index < -0.39 is 5.41 Å². The summed E-state index contributed by atoms with van der Waals surface area (Å²) in [4.78, 5) is 27.8. The van der Waals surface area contributed by atoms with E-state index in [1.807, 2.05) is 24.0 Å². The maximum Gasteiger partial charge on any atom is 0.233 e. The summed E-state index contributed by atoms with van der Waals surface area (Å²) in [6.45, 7) is 3.43. The van der Waals surface area contributed by atoms with Gasteiger partial charge in [-0.15, -0.1) is 0 Å². The first-order chi connectivity index (χ1) is 13.6. The third kappa shape index (κ3) is 4.50. The Bertz CT molecular complexity index is 665. The number of hydrogen-bond donors (Lipinski definition) is 1. The van der Waals surface area contributed by atoms with Crippen LogP contribution in [0.5, 0.6) is 5.75 Å². The van der Waals surface area contributed by atoms with E-state index in [1.54, 1.807) is 7.11 Å². The summed E-state index contributed by atoms with van der Waals surface area (Å²) in [6, 6.07) is 8.12. The zero-order chi connectivity index (χ0) is 20.0. The maximum atomic E-state index is 13.8. The van der Waals surface area contributed by atoms with Crippen LogP contribution in [0.3, 0.4) is 0 Å². The SMILES string of the molecule is CCCC(=O)NC1CCCN(C(=O)C2(c3ccc(OC)cc3)CCCCC2)C1. The van der Waals surface area contributed by atoms with Crippen molar-refractivity contribution in [2.24, 2.45) is 0 Å². The highest BCUT2D eigenvalue weighted by atomic mass is 16.5. The molecule has 0 spiro atoms. The molecule has 0 aromatic heterocycles. The lowest BCUT2D eigenvalue weighted by atomic mass is 9.68. The molecule has 1 unspecified atom stereocenters. The normalized spacial score (nSPS) is 21.8. The fourth-order valence-corrected chi connectivity index (χ4v) is 4.80. The van der Waals surface area contributed by atoms with E-state index in [4.69, 9.17) is 4.74 Å². The molecule has 1 atom stereocenters. The standard InChI is InChI=1S/C23H34N2O3/c1-3-8-21(26)24-19-9-7-16-25(17-19)22(27)23(14-5-4-6-15-23)18-10-12-20(28-2)13-11-18/h10-13,19H,3-9,14-17H2,1-2H3,(H,24,26). The van der Waals surface area contributed by atoms with E-state index >= 15 is 0 Å². The predicted molar refractivity (Wildman–Crippen MR) is 110 cm³/mol. The van der Waals surface area contributed by atoms with Crippen LogP contribution in [0.25, 0.3) is 0 Å². The van der Waals surface area contributed by atoms with Crippen LogP contribution in [0.15, 0.2) is 24.3 Å². The second-order valence-corrected chi connectivity index (χ2v) is 8.28. The van der Waals surface area contributed by atoms with Gasteiger partial charge < -0.3 is 15.0 Å². The van der Waals surface area contributed by atoms with Crippen LogP contribution in [0.4, 0.5) is 0 Å². The second kappa shape index (κ2) is 9.44. The molecule has 1 aliphatic carbocycles. The number of benzene rings is 1. The molecule has 5 heteroatoms. The van der Waals surface area contributed by atoms with Crippen molar-refractivity contribution in [2.45, 2.75) is 76.2 Å². The molecule has 5 nitrogen and oxygen atoms in total. The van der Waals surface area contributed by atoms with Crippen LogP contribution in [0.2, 0.25) is 0 Å². The van der Waals surface area contributed by atoms with Crippen molar-refractivity contribution in [3.63, 3.8) is 0 Å². The number of piperidine rings is 1. The molecule has 28 heavy (non-hydrogen) atoms. The molecule has 0 radical (unpaired) electrons. The molecular formula is C23H34N2O3. The zero-order valence-electron chi connectivity index (χ0n) is 17.3. The number of methoxy groups -OCH3 is 1. The Morgan fingerprint density at radius 2 is 1.86 bits per heavy atom. The summed E-state index contributed by atoms with van der Waals surface area (Å²) in [5, 5.41) is 3.13. The van der Waals surface area contributed by atoms with E-state index in [-0.39, 0.29) is 17.9 Å². The van der Waals surface area contributed by atoms with Crippen molar-refractivity contribution in [3.05, 3.63) is 29.8 Å². The average Bonchev–Trinajstić information content (AvgIpc) is 2.74. The van der Waals surface area contributed by atoms with Gasteiger partial charge in [-0.3, -0.25) is 9.59 Å². The Morgan fingerprint density at radius 3 is 2.50 bits per heavy atom. The number of nitrogens with zero attached hydrogens (tertiary/aromatic N) is 1. The van der Waals surface area contributed by atoms with Crippen LogP contribution >= 0.6 is 0 Å². The number of ether oxygens (including phenoxy) is 1. The minimum absolute atomic E-state index is 0.0771. The van der Waals surface area contributed by atoms with Gasteiger partial charge >= 0.3 is 0 Å². The topological polar surface area (TPSA) is 58.6 Å². The summed E-state index contributed by atoms with van der Waals surface area (Å²) in [6.07, 6.45) is 8.48. The smallest absolute Gasteiger partial charge is 0.233 e. The number of likely N-dealkylation sites (tertiary alicyclic amines) is 1. The molecular weight excluding hydrogens is 352 g/mol. The summed E-state index contributed by atoms with van der Waals surface area (Å²) in [5.41, 5.74) is 0.676. The summed E-state index contributed by atoms with van der Waals surface area (Å²) in [5.74, 6) is 1.16. The molecule has 1 aliphatic heterocycles. The molecule has 2 aliphatic rings. The van der Waals surface area contributed by atoms with Gasteiger partial charge in [0, 0.05) is 25.6 Å². The van der Waals surface area contributed by atoms with E-state index in [9.17, 15) is 9.59 Å². The highest BCUT2D eigenvalue weighted by Crippen LogP contribution is 2.42. The van der Waals surface area contributed by atoms with Crippen LogP contribution in [-0.2, 0) is 15.0 Å². The molecule has 0 bridgehead atoms. The fourth-order valence-electron chi connectivity index (χ4n) is 4.80. The third-order valence-corrected chi connectivity index (χ3v) is 6.31. The number of carbonyl (C=O) groups is 2. The molecule has 1 aromatic rings. The lowest BCUT2D eigenvalue weighted by Crippen LogP contribution is -2.55. The average molecular weight is 387 g/mol. The van der Waals surface area contributed by atoms with E-state index in [0.717, 1.165) is 62.8 Å². The maximum absolute atomic E-state index is 13.8. The van der Waals surface area contributed by atoms with E-state index in [1.165, 1.54) is 6.42 Å². The number of nitrogens with one attached hydrogen (secondary N) is 1. The van der Waals surface area contributed by atoms with Gasteiger partial charge in [0.25, 0.3) is 0 Å². The first-order valence-corrected chi connectivity index (χ1v) is 10.8. The fraction of sp³-hybridized carbons (Fsp3) is 0.652. The zero-order valence-corrected chi connectivity index (χ0v) is 17.3. The van der Waals surface area contributed by atoms with Crippen molar-refractivity contribution in [1.29, 1.82) is 0 Å². The molecule has 2 fully saturated rings. The van der Waals surface area contributed by atoms with Crippen molar-refractivity contribution in [2.75, 3.05) is 20.2 Å². The molecule has 1 heterocycles. The highest BCUT2D eigenvalue weighted by Gasteiger charge is 2.44. The molecule has 2 amide bonds. The van der Waals surface area contributed by atoms with Crippen molar-refractivity contribution < 1.29 is 14.3 Å². The minimum Gasteiger partial charge on any atom is -0.497 e. The number of rotatable bonds is 6. The Kier molecular flexibility index (Phi) is 6.97. The van der Waals surface area contributed by atoms with Gasteiger partial charge in [0.2, 0.25) is 11.8 Å². The summed E-state index contributed by atoms with van der Waals surface area (Å²) >= 11 is 0. The van der Waals surface area contributed by atoms with Gasteiger partial charge in [-0.1, -0.05) is 38.3 Å². The first-order valence-electron chi connectivity index (χ1n) is 10.8. The lowest BCUT2D eigenvalue weighted by Gasteiger charge is -2.43. The number of hydrogen-bond acceptors (Lipinski definition) is 3. The minimum atomic E-state index is -0.431. The van der Waals surface area contributed by atoms with E-state index in [0.29, 0.717) is 13.0 Å². The van der Waals surface area contributed by atoms with Gasteiger partial charge in [-0.2, -0.15) is 0 Å². The Morgan fingerprint density at radius 1 is 1.14 bits per heavy atom. The summed E-state index contributed by atoms with van der Waals surface area (Å²) < 4.78 is 5.30. The number of carbonyl (C=O) groups excluding carboxylic acids is 2. The molecule has 1 saturated carbocycles. The van der Waals surface area contributed by atoms with Crippen molar-refractivity contribution in [1.82, 2.24) is 10.2 Å². The van der Waals surface area contributed by atoms with Gasteiger partial charge in [0.15, 0.2) is 0 Å². The molecule has 1 N–H and O–H groups in total. The second-order valence-electron chi connectivity index (χ2n) is 8.28. The Hall–Kier alpha value is -2.04. The molecule has 154 valence electrons. The highest BCUT2D eigenvalue weighted by molar-refractivity contribution is 5.88. The van der Waals surface area contributed by atoms with Crippen LogP contribution in [0.1, 0.15) is 70.3 Å².